The molecule has 0 fully saturated rings. The number of halogens is 1. The zero-order valence-corrected chi connectivity index (χ0v) is 12.4. The van der Waals surface area contributed by atoms with Gasteiger partial charge in [-0.1, -0.05) is 5.92 Å². The summed E-state index contributed by atoms with van der Waals surface area (Å²) in [6, 6.07) is 3.22. The molecule has 5 heteroatoms. The lowest BCUT2D eigenvalue weighted by Gasteiger charge is -2.21. The second-order valence-electron chi connectivity index (χ2n) is 4.50. The van der Waals surface area contributed by atoms with Gasteiger partial charge in [-0.2, -0.15) is 0 Å². The molecule has 0 aromatic carbocycles. The summed E-state index contributed by atoms with van der Waals surface area (Å²) in [5.41, 5.74) is 0.688. The molecule has 0 saturated heterocycles. The van der Waals surface area contributed by atoms with E-state index in [9.17, 15) is 4.21 Å². The molecule has 1 N–H and O–H groups in total. The second-order valence-corrected chi connectivity index (χ2v) is 7.41. The zero-order chi connectivity index (χ0) is 13.1. The van der Waals surface area contributed by atoms with E-state index in [-0.39, 0.29) is 4.75 Å². The molecule has 3 nitrogen and oxygen atoms in total. The van der Waals surface area contributed by atoms with Crippen LogP contribution in [-0.4, -0.2) is 13.9 Å². The monoisotopic (exact) mass is 314 g/mol. The van der Waals surface area contributed by atoms with E-state index in [1.165, 1.54) is 0 Å². The third kappa shape index (κ3) is 4.23. The van der Waals surface area contributed by atoms with Crippen LogP contribution in [0.25, 0.3) is 0 Å². The van der Waals surface area contributed by atoms with Crippen molar-refractivity contribution in [3.05, 3.63) is 28.5 Å². The second kappa shape index (κ2) is 5.76. The van der Waals surface area contributed by atoms with Gasteiger partial charge < -0.3 is 0 Å². The van der Waals surface area contributed by atoms with Crippen molar-refractivity contribution in [3.63, 3.8) is 0 Å². The maximum atomic E-state index is 11.9. The predicted molar refractivity (Wildman–Crippen MR) is 74.5 cm³/mol. The maximum Gasteiger partial charge on any atom is 0.122 e. The van der Waals surface area contributed by atoms with Crippen molar-refractivity contribution in [2.24, 2.45) is 0 Å². The number of hydrogen-bond acceptors (Lipinski definition) is 2. The SMILES string of the molecule is C#C[C@@H](N[S@](=O)C(C)(C)C)c1ccc(Br)cn1. The fourth-order valence-electron chi connectivity index (χ4n) is 1.02. The third-order valence-electron chi connectivity index (χ3n) is 1.99. The number of terminal acetylenes is 1. The van der Waals surface area contributed by atoms with Crippen molar-refractivity contribution >= 4 is 26.9 Å². The molecule has 0 unspecified atom stereocenters. The smallest absolute Gasteiger partial charge is 0.122 e. The van der Waals surface area contributed by atoms with Crippen LogP contribution in [0, 0.1) is 12.3 Å². The molecule has 1 rings (SSSR count). The van der Waals surface area contributed by atoms with Gasteiger partial charge >= 0.3 is 0 Å². The summed E-state index contributed by atoms with van der Waals surface area (Å²) >= 11 is 3.30. The van der Waals surface area contributed by atoms with Crippen LogP contribution in [0.3, 0.4) is 0 Å². The van der Waals surface area contributed by atoms with Gasteiger partial charge in [-0.05, 0) is 48.8 Å². The van der Waals surface area contributed by atoms with Crippen LogP contribution in [-0.2, 0) is 11.0 Å². The highest BCUT2D eigenvalue weighted by molar-refractivity contribution is 9.10. The van der Waals surface area contributed by atoms with Crippen LogP contribution < -0.4 is 4.72 Å². The van der Waals surface area contributed by atoms with E-state index in [0.29, 0.717) is 5.69 Å². The number of aromatic nitrogens is 1. The van der Waals surface area contributed by atoms with Crippen molar-refractivity contribution in [1.82, 2.24) is 9.71 Å². The van der Waals surface area contributed by atoms with Gasteiger partial charge in [-0.25, -0.2) is 8.93 Å². The predicted octanol–water partition coefficient (Wildman–Crippen LogP) is 2.57. The molecule has 0 spiro atoms. The average molecular weight is 315 g/mol. The highest BCUT2D eigenvalue weighted by Crippen LogP contribution is 2.16. The molecule has 0 aliphatic heterocycles. The first kappa shape index (κ1) is 14.4. The summed E-state index contributed by atoms with van der Waals surface area (Å²) in [7, 11) is -1.22. The molecule has 2 atom stereocenters. The molecule has 0 amide bonds. The molecular weight excluding hydrogens is 300 g/mol. The summed E-state index contributed by atoms with van der Waals surface area (Å²) in [5.74, 6) is 2.56. The summed E-state index contributed by atoms with van der Waals surface area (Å²) < 4.78 is 15.4. The molecule has 1 aromatic rings. The minimum Gasteiger partial charge on any atom is -0.257 e. The van der Waals surface area contributed by atoms with Gasteiger partial charge in [0.05, 0.1) is 21.4 Å². The topological polar surface area (TPSA) is 42.0 Å². The summed E-state index contributed by atoms with van der Waals surface area (Å²) in [4.78, 5) is 4.20. The van der Waals surface area contributed by atoms with Crippen LogP contribution in [0.1, 0.15) is 32.5 Å². The van der Waals surface area contributed by atoms with E-state index >= 15 is 0 Å². The average Bonchev–Trinajstić information content (AvgIpc) is 2.25. The largest absolute Gasteiger partial charge is 0.257 e. The molecule has 0 saturated carbocycles. The fourth-order valence-corrected chi connectivity index (χ4v) is 2.01. The van der Waals surface area contributed by atoms with Crippen molar-refractivity contribution in [2.75, 3.05) is 0 Å². The van der Waals surface area contributed by atoms with Gasteiger partial charge in [0.15, 0.2) is 0 Å². The minimum absolute atomic E-state index is 0.357. The van der Waals surface area contributed by atoms with Gasteiger partial charge in [0.2, 0.25) is 0 Å². The van der Waals surface area contributed by atoms with Crippen LogP contribution in [0.2, 0.25) is 0 Å². The molecular formula is C12H15BrN2OS. The lowest BCUT2D eigenvalue weighted by Crippen LogP contribution is -2.35. The number of hydrogen-bond donors (Lipinski definition) is 1. The highest BCUT2D eigenvalue weighted by Gasteiger charge is 2.23. The van der Waals surface area contributed by atoms with Crippen molar-refractivity contribution in [2.45, 2.75) is 31.6 Å². The Morgan fingerprint density at radius 1 is 1.53 bits per heavy atom. The van der Waals surface area contributed by atoms with Gasteiger partial charge in [-0.15, -0.1) is 6.42 Å². The first-order chi connectivity index (χ1) is 7.84. The van der Waals surface area contributed by atoms with Crippen LogP contribution in [0.15, 0.2) is 22.8 Å². The molecule has 0 bridgehead atoms. The summed E-state index contributed by atoms with van der Waals surface area (Å²) in [6.07, 6.45) is 7.10. The van der Waals surface area contributed by atoms with E-state index in [1.807, 2.05) is 32.9 Å². The van der Waals surface area contributed by atoms with Gasteiger partial charge in [-0.3, -0.25) is 4.98 Å². The Hall–Kier alpha value is -0.700. The lowest BCUT2D eigenvalue weighted by atomic mass is 10.2. The van der Waals surface area contributed by atoms with E-state index in [2.05, 4.69) is 31.6 Å². The quantitative estimate of drug-likeness (QED) is 0.871. The molecule has 92 valence electrons. The van der Waals surface area contributed by atoms with Crippen molar-refractivity contribution in [3.8, 4) is 12.3 Å². The number of rotatable bonds is 3. The van der Waals surface area contributed by atoms with Crippen molar-refractivity contribution < 1.29 is 4.21 Å². The van der Waals surface area contributed by atoms with Crippen molar-refractivity contribution in [1.29, 1.82) is 0 Å². The van der Waals surface area contributed by atoms with Gasteiger partial charge in [0, 0.05) is 10.7 Å². The Morgan fingerprint density at radius 3 is 2.59 bits per heavy atom. The first-order valence-corrected chi connectivity index (χ1v) is 7.04. The van der Waals surface area contributed by atoms with E-state index in [4.69, 9.17) is 6.42 Å². The molecule has 1 aromatic heterocycles. The Bertz CT molecular complexity index is 445. The highest BCUT2D eigenvalue weighted by atomic mass is 79.9. The normalized spacial score (nSPS) is 15.0. The van der Waals surface area contributed by atoms with E-state index in [1.54, 1.807) is 6.20 Å². The molecule has 17 heavy (non-hydrogen) atoms. The van der Waals surface area contributed by atoms with E-state index in [0.717, 1.165) is 4.47 Å². The summed E-state index contributed by atoms with van der Waals surface area (Å²) in [6.45, 7) is 5.66. The minimum atomic E-state index is -1.22. The Kier molecular flexibility index (Phi) is 4.87. The van der Waals surface area contributed by atoms with Crippen LogP contribution >= 0.6 is 15.9 Å². The number of nitrogens with zero attached hydrogens (tertiary/aromatic N) is 1. The number of pyridine rings is 1. The molecule has 0 aliphatic carbocycles. The Labute approximate surface area is 113 Å². The van der Waals surface area contributed by atoms with Gasteiger partial charge in [0.25, 0.3) is 0 Å². The number of nitrogens with one attached hydrogen (secondary N) is 1. The Morgan fingerprint density at radius 2 is 2.18 bits per heavy atom. The van der Waals surface area contributed by atoms with Crippen LogP contribution in [0.5, 0.6) is 0 Å². The third-order valence-corrected chi connectivity index (χ3v) is 4.03. The molecule has 0 aliphatic rings. The van der Waals surface area contributed by atoms with E-state index < -0.39 is 17.0 Å². The fraction of sp³-hybridized carbons (Fsp3) is 0.417. The zero-order valence-electron chi connectivity index (χ0n) is 10.0. The summed E-state index contributed by atoms with van der Waals surface area (Å²) in [5, 5.41) is 0. The first-order valence-electron chi connectivity index (χ1n) is 5.10. The standard InChI is InChI=1S/C12H15BrN2OS/c1-5-10(15-17(16)12(2,3)4)11-7-6-9(13)8-14-11/h1,6-8,10,15H,2-4H3/t10-,17-/m1/s1. The maximum absolute atomic E-state index is 11.9. The molecule has 1 heterocycles. The lowest BCUT2D eigenvalue weighted by molar-refractivity contribution is 0.626. The Balaban J connectivity index is 2.84. The van der Waals surface area contributed by atoms with Crippen LogP contribution in [0.4, 0.5) is 0 Å². The van der Waals surface area contributed by atoms with Gasteiger partial charge in [0.1, 0.15) is 6.04 Å². The molecule has 0 radical (unpaired) electrons.